The van der Waals surface area contributed by atoms with Gasteiger partial charge >= 0.3 is 0 Å². The average Bonchev–Trinajstić information content (AvgIpc) is 3.32. The summed E-state index contributed by atoms with van der Waals surface area (Å²) < 4.78 is 3.30. The fraction of sp³-hybridized carbons (Fsp3) is 0.200. The van der Waals surface area contributed by atoms with Crippen molar-refractivity contribution in [1.29, 1.82) is 0 Å². The van der Waals surface area contributed by atoms with E-state index >= 15 is 0 Å². The summed E-state index contributed by atoms with van der Waals surface area (Å²) in [4.78, 5) is 22.2. The van der Waals surface area contributed by atoms with E-state index in [1.54, 1.807) is 17.1 Å². The van der Waals surface area contributed by atoms with Gasteiger partial charge in [0.05, 0.1) is 22.5 Å². The number of aromatic amines is 1. The van der Waals surface area contributed by atoms with E-state index in [2.05, 4.69) is 34.2 Å². The molecule has 1 aromatic carbocycles. The second-order valence-corrected chi connectivity index (χ2v) is 6.67. The van der Waals surface area contributed by atoms with Crippen LogP contribution >= 0.6 is 0 Å². The number of aryl methyl sites for hydroxylation is 1. The van der Waals surface area contributed by atoms with Crippen LogP contribution in [0.4, 0.5) is 0 Å². The quantitative estimate of drug-likeness (QED) is 0.537. The van der Waals surface area contributed by atoms with E-state index in [4.69, 9.17) is 4.98 Å². The van der Waals surface area contributed by atoms with Crippen LogP contribution in [0.2, 0.25) is 0 Å². The molecule has 27 heavy (non-hydrogen) atoms. The molecule has 5 rings (SSSR count). The number of H-pyrrole nitrogens is 1. The van der Waals surface area contributed by atoms with Gasteiger partial charge < -0.3 is 0 Å². The molecular formula is C20H18N6O. The van der Waals surface area contributed by atoms with Crippen LogP contribution in [0, 0.1) is 0 Å². The Kier molecular flexibility index (Phi) is 3.36. The van der Waals surface area contributed by atoms with Gasteiger partial charge in [-0.15, -0.1) is 0 Å². The third-order valence-corrected chi connectivity index (χ3v) is 5.12. The lowest BCUT2D eigenvalue weighted by Crippen LogP contribution is -2.16. The largest absolute Gasteiger partial charge is 0.293 e. The van der Waals surface area contributed by atoms with Crippen molar-refractivity contribution >= 4 is 27.6 Å². The Morgan fingerprint density at radius 3 is 2.74 bits per heavy atom. The third-order valence-electron chi connectivity index (χ3n) is 5.12. The second kappa shape index (κ2) is 5.77. The van der Waals surface area contributed by atoms with Crippen LogP contribution < -0.4 is 5.56 Å². The lowest BCUT2D eigenvalue weighted by molar-refractivity contribution is 0.677. The molecule has 0 aliphatic carbocycles. The number of fused-ring (bicyclic) bond motifs is 4. The fourth-order valence-corrected chi connectivity index (χ4v) is 3.56. The van der Waals surface area contributed by atoms with Crippen LogP contribution in [-0.4, -0.2) is 29.4 Å². The molecule has 0 fully saturated rings. The minimum atomic E-state index is -0.153. The van der Waals surface area contributed by atoms with E-state index in [0.29, 0.717) is 23.1 Å². The molecule has 7 heteroatoms. The minimum Gasteiger partial charge on any atom is -0.293 e. The molecule has 0 aliphatic heterocycles. The highest BCUT2D eigenvalue weighted by molar-refractivity contribution is 6.01. The van der Waals surface area contributed by atoms with Crippen molar-refractivity contribution < 1.29 is 0 Å². The van der Waals surface area contributed by atoms with Crippen molar-refractivity contribution in [2.45, 2.75) is 26.3 Å². The lowest BCUT2D eigenvalue weighted by Gasteiger charge is -2.08. The fourth-order valence-electron chi connectivity index (χ4n) is 3.56. The zero-order chi connectivity index (χ0) is 18.5. The summed E-state index contributed by atoms with van der Waals surface area (Å²) in [6.45, 7) is 4.83. The van der Waals surface area contributed by atoms with Gasteiger partial charge in [-0.25, -0.2) is 19.2 Å². The van der Waals surface area contributed by atoms with Crippen LogP contribution in [0.25, 0.3) is 27.6 Å². The van der Waals surface area contributed by atoms with Crippen LogP contribution in [0.5, 0.6) is 0 Å². The summed E-state index contributed by atoms with van der Waals surface area (Å²) in [6.07, 6.45) is 3.33. The molecule has 0 radical (unpaired) electrons. The van der Waals surface area contributed by atoms with E-state index in [1.165, 1.54) is 10.1 Å². The topological polar surface area (TPSA) is 80.9 Å². The monoisotopic (exact) mass is 358 g/mol. The molecule has 0 amide bonds. The van der Waals surface area contributed by atoms with E-state index in [1.807, 2.05) is 31.2 Å². The zero-order valence-corrected chi connectivity index (χ0v) is 15.0. The Labute approximate surface area is 154 Å². The van der Waals surface area contributed by atoms with Crippen molar-refractivity contribution in [3.63, 3.8) is 0 Å². The number of nitrogens with one attached hydrogen (secondary N) is 1. The van der Waals surface area contributed by atoms with Crippen molar-refractivity contribution in [3.8, 4) is 0 Å². The van der Waals surface area contributed by atoms with Crippen molar-refractivity contribution in [2.24, 2.45) is 0 Å². The zero-order valence-electron chi connectivity index (χ0n) is 15.0. The first-order valence-corrected chi connectivity index (χ1v) is 8.98. The van der Waals surface area contributed by atoms with Gasteiger partial charge in [0.25, 0.3) is 5.56 Å². The van der Waals surface area contributed by atoms with E-state index in [0.717, 1.165) is 16.7 Å². The molecule has 4 heterocycles. The maximum Gasteiger partial charge on any atom is 0.282 e. The number of hydrogen-bond acceptors (Lipinski definition) is 4. The third kappa shape index (κ3) is 2.28. The first-order valence-electron chi connectivity index (χ1n) is 8.98. The molecule has 0 bridgehead atoms. The number of benzene rings is 1. The maximum atomic E-state index is 13.0. The first kappa shape index (κ1) is 15.7. The van der Waals surface area contributed by atoms with Crippen LogP contribution in [0.3, 0.4) is 0 Å². The first-order chi connectivity index (χ1) is 13.2. The molecule has 134 valence electrons. The molecule has 0 spiro atoms. The Bertz CT molecular complexity index is 1350. The molecular weight excluding hydrogens is 340 g/mol. The van der Waals surface area contributed by atoms with Gasteiger partial charge in [0, 0.05) is 30.4 Å². The molecule has 4 aromatic heterocycles. The number of hydrogen-bond donors (Lipinski definition) is 1. The summed E-state index contributed by atoms with van der Waals surface area (Å²) in [5, 5.41) is 8.84. The summed E-state index contributed by atoms with van der Waals surface area (Å²) in [7, 11) is 0. The van der Waals surface area contributed by atoms with E-state index in [-0.39, 0.29) is 11.5 Å². The summed E-state index contributed by atoms with van der Waals surface area (Å²) >= 11 is 0. The van der Waals surface area contributed by atoms with Gasteiger partial charge in [-0.3, -0.25) is 9.89 Å². The molecule has 7 nitrogen and oxygen atoms in total. The number of rotatable bonds is 3. The highest BCUT2D eigenvalue weighted by Gasteiger charge is 2.17. The van der Waals surface area contributed by atoms with Gasteiger partial charge in [-0.05, 0) is 12.5 Å². The van der Waals surface area contributed by atoms with Gasteiger partial charge in [0.1, 0.15) is 0 Å². The Balaban J connectivity index is 1.76. The normalized spacial score (nSPS) is 13.0. The smallest absolute Gasteiger partial charge is 0.282 e. The second-order valence-electron chi connectivity index (χ2n) is 6.67. The summed E-state index contributed by atoms with van der Waals surface area (Å²) in [6, 6.07) is 12.1. The highest BCUT2D eigenvalue weighted by atomic mass is 16.1. The van der Waals surface area contributed by atoms with Crippen molar-refractivity contribution in [3.05, 3.63) is 70.4 Å². The maximum absolute atomic E-state index is 13.0. The molecule has 1 unspecified atom stereocenters. The number of aromatic nitrogens is 6. The van der Waals surface area contributed by atoms with Gasteiger partial charge in [-0.1, -0.05) is 37.3 Å². The standard InChI is InChI=1S/C20H18N6O/c1-3-25-19-14(11-22-25)18-15(10-21-19)20(27)26-17(23-18)9-16(24-26)12(2)13-7-5-4-6-8-13/h4-12,24H,3H2,1-2H3. The summed E-state index contributed by atoms with van der Waals surface area (Å²) in [5.41, 5.74) is 3.95. The Hall–Kier alpha value is -3.48. The van der Waals surface area contributed by atoms with Crippen molar-refractivity contribution in [2.75, 3.05) is 0 Å². The predicted octanol–water partition coefficient (Wildman–Crippen LogP) is 3.09. The summed E-state index contributed by atoms with van der Waals surface area (Å²) in [5.74, 6) is 0.122. The lowest BCUT2D eigenvalue weighted by atomic mass is 9.98. The van der Waals surface area contributed by atoms with Crippen LogP contribution in [-0.2, 0) is 6.54 Å². The van der Waals surface area contributed by atoms with E-state index in [9.17, 15) is 4.79 Å². The highest BCUT2D eigenvalue weighted by Crippen LogP contribution is 2.25. The SMILES string of the molecule is CCn1ncc2c3nc4cc(C(C)c5ccccc5)[nH]n4c(=O)c3cnc21. The Morgan fingerprint density at radius 2 is 1.96 bits per heavy atom. The van der Waals surface area contributed by atoms with Gasteiger partial charge in [0.2, 0.25) is 0 Å². The van der Waals surface area contributed by atoms with E-state index < -0.39 is 0 Å². The van der Waals surface area contributed by atoms with Crippen LogP contribution in [0.15, 0.2) is 53.6 Å². The van der Waals surface area contributed by atoms with Gasteiger partial charge in [-0.2, -0.15) is 5.10 Å². The number of nitrogens with zero attached hydrogens (tertiary/aromatic N) is 5. The molecule has 1 atom stereocenters. The van der Waals surface area contributed by atoms with Gasteiger partial charge in [0.15, 0.2) is 11.3 Å². The van der Waals surface area contributed by atoms with Crippen molar-refractivity contribution in [1.82, 2.24) is 29.4 Å². The molecule has 0 saturated carbocycles. The number of pyridine rings is 1. The molecule has 1 N–H and O–H groups in total. The Morgan fingerprint density at radius 1 is 1.15 bits per heavy atom. The molecule has 0 aliphatic rings. The average molecular weight is 358 g/mol. The predicted molar refractivity (Wildman–Crippen MR) is 104 cm³/mol. The molecule has 0 saturated heterocycles. The molecule has 5 aromatic rings. The van der Waals surface area contributed by atoms with Crippen LogP contribution in [0.1, 0.15) is 31.0 Å². The minimum absolute atomic E-state index is 0.122.